The van der Waals surface area contributed by atoms with Crippen LogP contribution in [0.3, 0.4) is 0 Å². The van der Waals surface area contributed by atoms with Gasteiger partial charge in [-0.1, -0.05) is 0 Å². The number of aldehydes is 2. The second kappa shape index (κ2) is 4.33. The molecule has 1 aliphatic carbocycles. The van der Waals surface area contributed by atoms with Crippen LogP contribution in [-0.2, 0) is 14.3 Å². The van der Waals surface area contributed by atoms with E-state index < -0.39 is 11.8 Å². The zero-order valence-electron chi connectivity index (χ0n) is 9.07. The molecule has 1 aliphatic heterocycles. The van der Waals surface area contributed by atoms with E-state index in [2.05, 4.69) is 4.99 Å². The molecular formula is C11H15NO4. The van der Waals surface area contributed by atoms with Crippen molar-refractivity contribution in [2.45, 2.75) is 25.5 Å². The van der Waals surface area contributed by atoms with Gasteiger partial charge in [-0.15, -0.1) is 0 Å². The van der Waals surface area contributed by atoms with E-state index in [1.54, 1.807) is 6.92 Å². The minimum Gasteiger partial charge on any atom is -0.476 e. The number of rotatable bonds is 3. The van der Waals surface area contributed by atoms with E-state index in [-0.39, 0.29) is 24.7 Å². The van der Waals surface area contributed by atoms with Crippen molar-refractivity contribution in [3.63, 3.8) is 0 Å². The third kappa shape index (κ3) is 1.65. The first-order valence-corrected chi connectivity index (χ1v) is 5.43. The van der Waals surface area contributed by atoms with Crippen molar-refractivity contribution in [2.24, 2.45) is 22.7 Å². The lowest BCUT2D eigenvalue weighted by atomic mass is 9.70. The molecule has 0 bridgehead atoms. The fourth-order valence-corrected chi connectivity index (χ4v) is 2.70. The monoisotopic (exact) mass is 225 g/mol. The van der Waals surface area contributed by atoms with Crippen molar-refractivity contribution in [3.8, 4) is 0 Å². The molecule has 1 N–H and O–H groups in total. The Morgan fingerprint density at radius 2 is 2.12 bits per heavy atom. The molecule has 0 aromatic rings. The molecule has 2 aliphatic rings. The van der Waals surface area contributed by atoms with Gasteiger partial charge in [-0.3, -0.25) is 0 Å². The van der Waals surface area contributed by atoms with Gasteiger partial charge >= 0.3 is 0 Å². The SMILES string of the molecule is CC1=N[C@@H]2[C@H](C=O)[C@H](C=O)[C@H](CO)C[C@@H]2O1. The maximum Gasteiger partial charge on any atom is 0.180 e. The summed E-state index contributed by atoms with van der Waals surface area (Å²) >= 11 is 0. The number of hydrogen-bond donors (Lipinski definition) is 1. The van der Waals surface area contributed by atoms with Crippen LogP contribution < -0.4 is 0 Å². The zero-order valence-corrected chi connectivity index (χ0v) is 9.07. The number of aliphatic imine (C=N–C) groups is 1. The highest BCUT2D eigenvalue weighted by atomic mass is 16.5. The first kappa shape index (κ1) is 11.3. The van der Waals surface area contributed by atoms with Crippen molar-refractivity contribution in [3.05, 3.63) is 0 Å². The molecule has 5 heteroatoms. The number of ether oxygens (including phenoxy) is 1. The molecule has 88 valence electrons. The van der Waals surface area contributed by atoms with E-state index in [0.717, 1.165) is 12.6 Å². The molecule has 0 unspecified atom stereocenters. The average molecular weight is 225 g/mol. The van der Waals surface area contributed by atoms with Crippen LogP contribution in [0.4, 0.5) is 0 Å². The fourth-order valence-electron chi connectivity index (χ4n) is 2.70. The number of aliphatic hydroxyl groups is 1. The van der Waals surface area contributed by atoms with Crippen LogP contribution in [0, 0.1) is 17.8 Å². The molecule has 16 heavy (non-hydrogen) atoms. The number of hydrogen-bond acceptors (Lipinski definition) is 5. The average Bonchev–Trinajstić information content (AvgIpc) is 2.66. The van der Waals surface area contributed by atoms with Gasteiger partial charge in [0, 0.05) is 19.4 Å². The Hall–Kier alpha value is -1.23. The summed E-state index contributed by atoms with van der Waals surface area (Å²) in [7, 11) is 0. The van der Waals surface area contributed by atoms with Gasteiger partial charge in [-0.2, -0.15) is 0 Å². The molecule has 5 atom stereocenters. The Morgan fingerprint density at radius 1 is 1.44 bits per heavy atom. The Kier molecular flexibility index (Phi) is 3.05. The summed E-state index contributed by atoms with van der Waals surface area (Å²) in [5.74, 6) is -0.548. The molecule has 1 fully saturated rings. The van der Waals surface area contributed by atoms with E-state index in [4.69, 9.17) is 4.74 Å². The number of aliphatic hydroxyl groups excluding tert-OH is 1. The quantitative estimate of drug-likeness (QED) is 0.676. The van der Waals surface area contributed by atoms with Crippen molar-refractivity contribution in [1.82, 2.24) is 0 Å². The summed E-state index contributed by atoms with van der Waals surface area (Å²) in [5, 5.41) is 9.22. The summed E-state index contributed by atoms with van der Waals surface area (Å²) in [5.41, 5.74) is 0. The molecule has 1 saturated carbocycles. The molecule has 0 radical (unpaired) electrons. The summed E-state index contributed by atoms with van der Waals surface area (Å²) < 4.78 is 5.49. The van der Waals surface area contributed by atoms with E-state index in [9.17, 15) is 14.7 Å². The van der Waals surface area contributed by atoms with Crippen LogP contribution in [0.2, 0.25) is 0 Å². The predicted molar refractivity (Wildman–Crippen MR) is 56.1 cm³/mol. The third-order valence-corrected chi connectivity index (χ3v) is 3.50. The summed E-state index contributed by atoms with van der Waals surface area (Å²) in [6.45, 7) is 1.64. The minimum absolute atomic E-state index is 0.0978. The van der Waals surface area contributed by atoms with Gasteiger partial charge in [0.25, 0.3) is 0 Å². The van der Waals surface area contributed by atoms with Gasteiger partial charge in [0.15, 0.2) is 5.90 Å². The Morgan fingerprint density at radius 3 is 2.69 bits per heavy atom. The summed E-state index contributed by atoms with van der Waals surface area (Å²) in [6.07, 6.45) is 1.95. The standard InChI is InChI=1S/C11H15NO4/c1-6-12-11-9(5-15)8(4-14)7(3-13)2-10(11)16-6/h4-5,7-11,13H,2-3H2,1H3/t7-,8+,9+,10-,11+/m0/s1. The first-order valence-electron chi connectivity index (χ1n) is 5.43. The second-order valence-corrected chi connectivity index (χ2v) is 4.40. The Labute approximate surface area is 93.5 Å². The van der Waals surface area contributed by atoms with Crippen LogP contribution in [0.15, 0.2) is 4.99 Å². The van der Waals surface area contributed by atoms with Crippen LogP contribution in [0.25, 0.3) is 0 Å². The molecule has 2 rings (SSSR count). The van der Waals surface area contributed by atoms with Gasteiger partial charge in [-0.05, 0) is 12.3 Å². The summed E-state index contributed by atoms with van der Waals surface area (Å²) in [4.78, 5) is 26.3. The van der Waals surface area contributed by atoms with Crippen molar-refractivity contribution in [1.29, 1.82) is 0 Å². The predicted octanol–water partition coefficient (Wildman–Crippen LogP) is -0.185. The molecule has 1 heterocycles. The molecule has 0 spiro atoms. The maximum absolute atomic E-state index is 11.1. The van der Waals surface area contributed by atoms with Crippen molar-refractivity contribution >= 4 is 18.5 Å². The molecule has 0 saturated heterocycles. The van der Waals surface area contributed by atoms with Crippen molar-refractivity contribution < 1.29 is 19.4 Å². The van der Waals surface area contributed by atoms with Gasteiger partial charge in [0.2, 0.25) is 0 Å². The number of nitrogens with zero attached hydrogens (tertiary/aromatic N) is 1. The topological polar surface area (TPSA) is 76.0 Å². The Balaban J connectivity index is 2.26. The van der Waals surface area contributed by atoms with Crippen LogP contribution in [0.1, 0.15) is 13.3 Å². The van der Waals surface area contributed by atoms with Gasteiger partial charge < -0.3 is 19.4 Å². The summed E-state index contributed by atoms with van der Waals surface area (Å²) in [6, 6.07) is -0.254. The molecule has 0 aromatic carbocycles. The van der Waals surface area contributed by atoms with E-state index >= 15 is 0 Å². The lowest BCUT2D eigenvalue weighted by Crippen LogP contribution is -2.47. The molecule has 5 nitrogen and oxygen atoms in total. The fraction of sp³-hybridized carbons (Fsp3) is 0.727. The molecule has 0 amide bonds. The Bertz CT molecular complexity index is 328. The van der Waals surface area contributed by atoms with Crippen molar-refractivity contribution in [2.75, 3.05) is 6.61 Å². The second-order valence-electron chi connectivity index (χ2n) is 4.40. The highest BCUT2D eigenvalue weighted by molar-refractivity contribution is 5.77. The van der Waals surface area contributed by atoms with Crippen LogP contribution in [0.5, 0.6) is 0 Å². The van der Waals surface area contributed by atoms with Crippen LogP contribution >= 0.6 is 0 Å². The maximum atomic E-state index is 11.1. The molecular weight excluding hydrogens is 210 g/mol. The highest BCUT2D eigenvalue weighted by Gasteiger charge is 2.48. The van der Waals surface area contributed by atoms with Gasteiger partial charge in [0.1, 0.15) is 24.7 Å². The van der Waals surface area contributed by atoms with E-state index in [0.29, 0.717) is 12.3 Å². The minimum atomic E-state index is -0.467. The smallest absolute Gasteiger partial charge is 0.180 e. The normalized spacial score (nSPS) is 41.9. The van der Waals surface area contributed by atoms with Gasteiger partial charge in [0.05, 0.1) is 5.92 Å². The molecule has 0 aromatic heterocycles. The lowest BCUT2D eigenvalue weighted by molar-refractivity contribution is -0.126. The first-order chi connectivity index (χ1) is 7.71. The number of fused-ring (bicyclic) bond motifs is 1. The third-order valence-electron chi connectivity index (χ3n) is 3.50. The lowest BCUT2D eigenvalue weighted by Gasteiger charge is -2.37. The van der Waals surface area contributed by atoms with Crippen LogP contribution in [-0.4, -0.2) is 42.3 Å². The van der Waals surface area contributed by atoms with E-state index in [1.165, 1.54) is 0 Å². The highest BCUT2D eigenvalue weighted by Crippen LogP contribution is 2.38. The largest absolute Gasteiger partial charge is 0.476 e. The zero-order chi connectivity index (χ0) is 11.7. The number of carbonyl (C=O) groups is 2. The van der Waals surface area contributed by atoms with E-state index in [1.807, 2.05) is 0 Å². The number of carbonyl (C=O) groups excluding carboxylic acids is 2. The van der Waals surface area contributed by atoms with Gasteiger partial charge in [-0.25, -0.2) is 4.99 Å².